The Bertz CT molecular complexity index is 588. The molecule has 18 heavy (non-hydrogen) atoms. The smallest absolute Gasteiger partial charge is 0.178 e. The average Bonchev–Trinajstić information content (AvgIpc) is 3.18. The first-order valence-corrected chi connectivity index (χ1v) is 5.86. The first kappa shape index (κ1) is 11.1. The maximum Gasteiger partial charge on any atom is 0.178 e. The van der Waals surface area contributed by atoms with Gasteiger partial charge >= 0.3 is 0 Å². The molecule has 2 aliphatic rings. The minimum absolute atomic E-state index is 0.444. The second-order valence-electron chi connectivity index (χ2n) is 4.54. The number of aliphatic imine (C=N–C) groups is 1. The van der Waals surface area contributed by atoms with Crippen LogP contribution in [-0.4, -0.2) is 29.6 Å². The lowest BCUT2D eigenvalue weighted by Gasteiger charge is -2.17. The Balaban J connectivity index is 2.17. The molecule has 5 heteroatoms. The highest BCUT2D eigenvalue weighted by atomic mass is 16.5. The van der Waals surface area contributed by atoms with Crippen molar-refractivity contribution in [1.29, 1.82) is 5.26 Å². The molecule has 1 aromatic rings. The fourth-order valence-corrected chi connectivity index (χ4v) is 2.35. The number of methoxy groups -OCH3 is 1. The molecule has 1 atom stereocenters. The summed E-state index contributed by atoms with van der Waals surface area (Å²) in [5.74, 6) is 0.444. The summed E-state index contributed by atoms with van der Waals surface area (Å²) in [4.78, 5) is 7.45. The molecule has 92 valence electrons. The zero-order chi connectivity index (χ0) is 12.7. The standard InChI is InChI=1S/C13H13N3O2/c1-18-13-10(6-17)12-9(5-15-13)8(4-14)11(16-12)7-2-3-7/h5-7,13,16-17H,2-3H2,1H3. The number of nitrogens with zero attached hydrogens (tertiary/aromatic N) is 2. The molecule has 5 nitrogen and oxygen atoms in total. The number of fused-ring (bicyclic) bond motifs is 1. The largest absolute Gasteiger partial charge is 0.515 e. The van der Waals surface area contributed by atoms with E-state index in [9.17, 15) is 10.4 Å². The van der Waals surface area contributed by atoms with Crippen LogP contribution in [-0.2, 0) is 4.74 Å². The van der Waals surface area contributed by atoms with Gasteiger partial charge in [0.25, 0.3) is 0 Å². The Hall–Kier alpha value is -2.06. The van der Waals surface area contributed by atoms with E-state index in [-0.39, 0.29) is 0 Å². The van der Waals surface area contributed by atoms with Crippen LogP contribution in [0, 0.1) is 11.3 Å². The molecule has 0 radical (unpaired) electrons. The summed E-state index contributed by atoms with van der Waals surface area (Å²) in [5, 5.41) is 18.6. The maximum absolute atomic E-state index is 9.35. The van der Waals surface area contributed by atoms with Gasteiger partial charge in [0.1, 0.15) is 6.07 Å². The van der Waals surface area contributed by atoms with Crippen molar-refractivity contribution < 1.29 is 9.84 Å². The van der Waals surface area contributed by atoms with Gasteiger partial charge in [0, 0.05) is 30.5 Å². The van der Waals surface area contributed by atoms with Crippen molar-refractivity contribution in [2.75, 3.05) is 7.11 Å². The molecule has 1 aromatic heterocycles. The Morgan fingerprint density at radius 3 is 2.94 bits per heavy atom. The molecule has 0 bridgehead atoms. The van der Waals surface area contributed by atoms with Crippen molar-refractivity contribution in [1.82, 2.24) is 4.98 Å². The Morgan fingerprint density at radius 1 is 1.61 bits per heavy atom. The molecule has 2 heterocycles. The van der Waals surface area contributed by atoms with Gasteiger partial charge < -0.3 is 14.8 Å². The quantitative estimate of drug-likeness (QED) is 0.780. The Morgan fingerprint density at radius 2 is 2.39 bits per heavy atom. The van der Waals surface area contributed by atoms with Crippen LogP contribution in [0.5, 0.6) is 0 Å². The summed E-state index contributed by atoms with van der Waals surface area (Å²) >= 11 is 0. The van der Waals surface area contributed by atoms with E-state index >= 15 is 0 Å². The van der Waals surface area contributed by atoms with Crippen LogP contribution in [0.25, 0.3) is 5.57 Å². The van der Waals surface area contributed by atoms with E-state index in [1.807, 2.05) is 0 Å². The second-order valence-corrected chi connectivity index (χ2v) is 4.54. The first-order valence-electron chi connectivity index (χ1n) is 5.86. The lowest BCUT2D eigenvalue weighted by Crippen LogP contribution is -2.16. The molecule has 1 fully saturated rings. The van der Waals surface area contributed by atoms with Gasteiger partial charge in [0.2, 0.25) is 0 Å². The van der Waals surface area contributed by atoms with Gasteiger partial charge in [-0.3, -0.25) is 4.99 Å². The van der Waals surface area contributed by atoms with Crippen molar-refractivity contribution in [3.05, 3.63) is 28.8 Å². The number of aliphatic hydroxyl groups excluding tert-OH is 1. The van der Waals surface area contributed by atoms with Crippen LogP contribution >= 0.6 is 0 Å². The lowest BCUT2D eigenvalue weighted by molar-refractivity contribution is 0.154. The van der Waals surface area contributed by atoms with Crippen molar-refractivity contribution in [2.45, 2.75) is 25.0 Å². The van der Waals surface area contributed by atoms with E-state index in [4.69, 9.17) is 4.74 Å². The summed E-state index contributed by atoms with van der Waals surface area (Å²) in [6.07, 6.45) is 4.35. The zero-order valence-corrected chi connectivity index (χ0v) is 9.97. The third kappa shape index (κ3) is 1.46. The molecule has 3 rings (SSSR count). The minimum atomic E-state index is -0.514. The molecule has 1 aliphatic carbocycles. The maximum atomic E-state index is 9.35. The summed E-state index contributed by atoms with van der Waals surface area (Å²) in [7, 11) is 1.53. The third-order valence-electron chi connectivity index (χ3n) is 3.42. The van der Waals surface area contributed by atoms with E-state index in [2.05, 4.69) is 16.0 Å². The highest BCUT2D eigenvalue weighted by Crippen LogP contribution is 2.43. The van der Waals surface area contributed by atoms with Crippen molar-refractivity contribution in [3.8, 4) is 6.07 Å². The van der Waals surface area contributed by atoms with Crippen LogP contribution in [0.3, 0.4) is 0 Å². The van der Waals surface area contributed by atoms with Gasteiger partial charge in [-0.15, -0.1) is 0 Å². The molecule has 2 N–H and O–H groups in total. The number of nitrogens with one attached hydrogen (secondary N) is 1. The van der Waals surface area contributed by atoms with Gasteiger partial charge in [-0.1, -0.05) is 0 Å². The van der Waals surface area contributed by atoms with Gasteiger partial charge in [0.05, 0.1) is 23.1 Å². The summed E-state index contributed by atoms with van der Waals surface area (Å²) in [6, 6.07) is 2.23. The molecule has 0 aromatic carbocycles. The minimum Gasteiger partial charge on any atom is -0.515 e. The molecule has 1 unspecified atom stereocenters. The Kier molecular flexibility index (Phi) is 2.46. The number of ether oxygens (including phenoxy) is 1. The van der Waals surface area contributed by atoms with Crippen molar-refractivity contribution in [2.24, 2.45) is 4.99 Å². The summed E-state index contributed by atoms with van der Waals surface area (Å²) in [6.45, 7) is 0. The van der Waals surface area contributed by atoms with Crippen LogP contribution in [0.1, 0.15) is 41.3 Å². The predicted octanol–water partition coefficient (Wildman–Crippen LogP) is 2.07. The van der Waals surface area contributed by atoms with Crippen LogP contribution < -0.4 is 0 Å². The highest BCUT2D eigenvalue weighted by molar-refractivity contribution is 5.95. The third-order valence-corrected chi connectivity index (χ3v) is 3.42. The fourth-order valence-electron chi connectivity index (χ4n) is 2.35. The lowest BCUT2D eigenvalue weighted by atomic mass is 10.0. The fraction of sp³-hybridized carbons (Fsp3) is 0.385. The van der Waals surface area contributed by atoms with E-state index in [1.54, 1.807) is 6.21 Å². The number of hydrogen-bond acceptors (Lipinski definition) is 4. The highest BCUT2D eigenvalue weighted by Gasteiger charge is 2.33. The van der Waals surface area contributed by atoms with Gasteiger partial charge in [-0.25, -0.2) is 0 Å². The molecule has 1 aliphatic heterocycles. The van der Waals surface area contributed by atoms with Crippen molar-refractivity contribution in [3.63, 3.8) is 0 Å². The van der Waals surface area contributed by atoms with Gasteiger partial charge in [-0.05, 0) is 12.8 Å². The molecular weight excluding hydrogens is 230 g/mol. The molecule has 0 spiro atoms. The zero-order valence-electron chi connectivity index (χ0n) is 9.97. The normalized spacial score (nSPS) is 24.0. The van der Waals surface area contributed by atoms with Crippen LogP contribution in [0.4, 0.5) is 0 Å². The molecule has 0 amide bonds. The van der Waals surface area contributed by atoms with Crippen LogP contribution in [0.2, 0.25) is 0 Å². The number of rotatable bonds is 2. The van der Waals surface area contributed by atoms with E-state index in [0.717, 1.165) is 36.1 Å². The summed E-state index contributed by atoms with van der Waals surface area (Å²) in [5.41, 5.74) is 3.68. The number of hydrogen-bond donors (Lipinski definition) is 2. The second kappa shape index (κ2) is 4.00. The van der Waals surface area contributed by atoms with Gasteiger partial charge in [-0.2, -0.15) is 5.26 Å². The number of aliphatic hydroxyl groups is 1. The summed E-state index contributed by atoms with van der Waals surface area (Å²) < 4.78 is 5.18. The molecular formula is C13H13N3O2. The monoisotopic (exact) mass is 243 g/mol. The Labute approximate surface area is 104 Å². The van der Waals surface area contributed by atoms with E-state index in [0.29, 0.717) is 17.1 Å². The van der Waals surface area contributed by atoms with Crippen molar-refractivity contribution >= 4 is 11.8 Å². The number of nitriles is 1. The average molecular weight is 243 g/mol. The molecule has 0 saturated heterocycles. The SMILES string of the molecule is COC1N=Cc2c([nH]c(C3CC3)c2C#N)C1=CO. The van der Waals surface area contributed by atoms with E-state index < -0.39 is 6.23 Å². The van der Waals surface area contributed by atoms with Crippen LogP contribution in [0.15, 0.2) is 11.3 Å². The number of aromatic nitrogens is 1. The number of aromatic amines is 1. The molecule has 1 saturated carbocycles. The predicted molar refractivity (Wildman–Crippen MR) is 66.5 cm³/mol. The van der Waals surface area contributed by atoms with Gasteiger partial charge in [0.15, 0.2) is 6.23 Å². The first-order chi connectivity index (χ1) is 8.80. The number of H-pyrrole nitrogens is 1. The topological polar surface area (TPSA) is 81.4 Å². The van der Waals surface area contributed by atoms with E-state index in [1.165, 1.54) is 7.11 Å².